The predicted octanol–water partition coefficient (Wildman–Crippen LogP) is 6.98. The summed E-state index contributed by atoms with van der Waals surface area (Å²) in [5, 5.41) is 5.06. The van der Waals surface area contributed by atoms with E-state index in [1.54, 1.807) is 41.8 Å². The van der Waals surface area contributed by atoms with E-state index in [4.69, 9.17) is 0 Å². The molecule has 4 rings (SSSR count). The Bertz CT molecular complexity index is 1280. The fourth-order valence-electron chi connectivity index (χ4n) is 3.56. The number of carbonyl (C=O) groups is 2. The summed E-state index contributed by atoms with van der Waals surface area (Å²) in [5.41, 5.74) is 5.35. The van der Waals surface area contributed by atoms with E-state index >= 15 is 0 Å². The Balaban J connectivity index is 1.32. The van der Waals surface area contributed by atoms with Crippen LogP contribution in [0.4, 0.5) is 5.69 Å². The summed E-state index contributed by atoms with van der Waals surface area (Å²) in [7, 11) is 0. The minimum absolute atomic E-state index is 0.0823. The summed E-state index contributed by atoms with van der Waals surface area (Å²) in [6, 6.07) is 23.2. The van der Waals surface area contributed by atoms with Crippen LogP contribution >= 0.6 is 11.3 Å². The topological polar surface area (TPSA) is 59.1 Å². The average Bonchev–Trinajstić information content (AvgIpc) is 3.40. The Labute approximate surface area is 204 Å². The van der Waals surface area contributed by atoms with Gasteiger partial charge in [-0.3, -0.25) is 14.6 Å². The molecule has 0 aliphatic rings. The molecule has 2 heterocycles. The van der Waals surface area contributed by atoms with Crippen LogP contribution in [0.1, 0.15) is 40.0 Å². The number of ketones is 1. The lowest BCUT2D eigenvalue weighted by molar-refractivity contribution is -0.114. The number of rotatable bonds is 9. The maximum Gasteiger partial charge on any atom is 0.255 e. The molecular weight excluding hydrogens is 440 g/mol. The SMILES string of the molecule is Cc1ccc(-c2cccs2)cc1NC(=O)c1ccc(/C=C/C(=O)CCCc2ccccn2)cc1. The van der Waals surface area contributed by atoms with E-state index in [9.17, 15) is 9.59 Å². The van der Waals surface area contributed by atoms with Crippen molar-refractivity contribution in [1.29, 1.82) is 0 Å². The minimum Gasteiger partial charge on any atom is -0.322 e. The molecule has 0 saturated carbocycles. The average molecular weight is 467 g/mol. The molecule has 0 saturated heterocycles. The summed E-state index contributed by atoms with van der Waals surface area (Å²) in [6.07, 6.45) is 7.21. The molecule has 1 amide bonds. The first-order valence-corrected chi connectivity index (χ1v) is 12.1. The van der Waals surface area contributed by atoms with Crippen molar-refractivity contribution < 1.29 is 9.59 Å². The van der Waals surface area contributed by atoms with Crippen molar-refractivity contribution in [3.8, 4) is 10.4 Å². The lowest BCUT2D eigenvalue weighted by Gasteiger charge is -2.10. The minimum atomic E-state index is -0.160. The van der Waals surface area contributed by atoms with Crippen LogP contribution in [-0.2, 0) is 11.2 Å². The largest absolute Gasteiger partial charge is 0.322 e. The fourth-order valence-corrected chi connectivity index (χ4v) is 4.28. The van der Waals surface area contributed by atoms with Crippen LogP contribution in [0, 0.1) is 6.92 Å². The molecule has 2 aromatic heterocycles. The molecule has 0 fully saturated rings. The van der Waals surface area contributed by atoms with Crippen LogP contribution in [0.3, 0.4) is 0 Å². The van der Waals surface area contributed by atoms with Gasteiger partial charge in [0.1, 0.15) is 0 Å². The highest BCUT2D eigenvalue weighted by atomic mass is 32.1. The number of hydrogen-bond acceptors (Lipinski definition) is 4. The predicted molar refractivity (Wildman–Crippen MR) is 140 cm³/mol. The molecule has 4 aromatic rings. The normalized spacial score (nSPS) is 11.0. The smallest absolute Gasteiger partial charge is 0.255 e. The van der Waals surface area contributed by atoms with Crippen LogP contribution in [-0.4, -0.2) is 16.7 Å². The highest BCUT2D eigenvalue weighted by Crippen LogP contribution is 2.29. The third-order valence-corrected chi connectivity index (χ3v) is 6.43. The van der Waals surface area contributed by atoms with Gasteiger partial charge in [0, 0.05) is 34.4 Å². The first-order valence-electron chi connectivity index (χ1n) is 11.3. The Hall–Kier alpha value is -3.83. The van der Waals surface area contributed by atoms with Gasteiger partial charge in [0.25, 0.3) is 5.91 Å². The Morgan fingerprint density at radius 3 is 2.59 bits per heavy atom. The second-order valence-corrected chi connectivity index (χ2v) is 9.01. The second kappa shape index (κ2) is 11.3. The van der Waals surface area contributed by atoms with Gasteiger partial charge in [0.2, 0.25) is 0 Å². The molecule has 4 nitrogen and oxygen atoms in total. The zero-order valence-corrected chi connectivity index (χ0v) is 19.8. The van der Waals surface area contributed by atoms with Crippen LogP contribution in [0.25, 0.3) is 16.5 Å². The van der Waals surface area contributed by atoms with Gasteiger partial charge in [-0.2, -0.15) is 0 Å². The van der Waals surface area contributed by atoms with Crippen molar-refractivity contribution in [1.82, 2.24) is 4.98 Å². The highest BCUT2D eigenvalue weighted by Gasteiger charge is 2.09. The zero-order valence-electron chi connectivity index (χ0n) is 19.0. The van der Waals surface area contributed by atoms with Gasteiger partial charge in [0.05, 0.1) is 0 Å². The number of carbonyl (C=O) groups excluding carboxylic acids is 2. The molecule has 5 heteroatoms. The molecular formula is C29H26N2O2S. The van der Waals surface area contributed by atoms with Crippen LogP contribution < -0.4 is 5.32 Å². The van der Waals surface area contributed by atoms with Crippen molar-refractivity contribution in [3.05, 3.63) is 113 Å². The zero-order chi connectivity index (χ0) is 23.8. The third-order valence-electron chi connectivity index (χ3n) is 5.51. The quantitative estimate of drug-likeness (QED) is 0.271. The summed E-state index contributed by atoms with van der Waals surface area (Å²) in [4.78, 5) is 30.4. The molecule has 0 aliphatic carbocycles. The molecule has 34 heavy (non-hydrogen) atoms. The van der Waals surface area contributed by atoms with Crippen molar-refractivity contribution in [2.75, 3.05) is 5.32 Å². The number of pyridine rings is 1. The molecule has 0 radical (unpaired) electrons. The second-order valence-electron chi connectivity index (χ2n) is 8.06. The number of amides is 1. The third kappa shape index (κ3) is 6.36. The molecule has 1 N–H and O–H groups in total. The van der Waals surface area contributed by atoms with E-state index in [0.29, 0.717) is 12.0 Å². The number of aromatic nitrogens is 1. The van der Waals surface area contributed by atoms with E-state index in [0.717, 1.165) is 45.8 Å². The van der Waals surface area contributed by atoms with Gasteiger partial charge in [-0.05, 0) is 84.3 Å². The van der Waals surface area contributed by atoms with Crippen LogP contribution in [0.5, 0.6) is 0 Å². The van der Waals surface area contributed by atoms with Crippen LogP contribution in [0.2, 0.25) is 0 Å². The molecule has 0 unspecified atom stereocenters. The van der Waals surface area contributed by atoms with E-state index < -0.39 is 0 Å². The number of nitrogens with one attached hydrogen (secondary N) is 1. The van der Waals surface area contributed by atoms with Crippen molar-refractivity contribution in [3.63, 3.8) is 0 Å². The number of allylic oxidation sites excluding steroid dienone is 1. The molecule has 0 spiro atoms. The molecule has 2 aromatic carbocycles. The van der Waals surface area contributed by atoms with Crippen molar-refractivity contribution in [2.24, 2.45) is 0 Å². The molecule has 0 aliphatic heterocycles. The van der Waals surface area contributed by atoms with Gasteiger partial charge < -0.3 is 5.32 Å². The monoisotopic (exact) mass is 466 g/mol. The van der Waals surface area contributed by atoms with E-state index in [1.807, 2.05) is 60.8 Å². The Morgan fingerprint density at radius 2 is 1.85 bits per heavy atom. The first-order chi connectivity index (χ1) is 16.6. The number of hydrogen-bond donors (Lipinski definition) is 1. The summed E-state index contributed by atoms with van der Waals surface area (Å²) >= 11 is 1.67. The summed E-state index contributed by atoms with van der Waals surface area (Å²) in [6.45, 7) is 1.98. The molecule has 170 valence electrons. The summed E-state index contributed by atoms with van der Waals surface area (Å²) < 4.78 is 0. The summed E-state index contributed by atoms with van der Waals surface area (Å²) in [5.74, 6) is -0.0774. The highest BCUT2D eigenvalue weighted by molar-refractivity contribution is 7.13. The lowest BCUT2D eigenvalue weighted by atomic mass is 10.1. The Kier molecular flexibility index (Phi) is 7.79. The number of benzene rings is 2. The van der Waals surface area contributed by atoms with Crippen molar-refractivity contribution >= 4 is 34.8 Å². The van der Waals surface area contributed by atoms with E-state index in [2.05, 4.69) is 22.4 Å². The van der Waals surface area contributed by atoms with Crippen molar-refractivity contribution in [2.45, 2.75) is 26.2 Å². The number of aryl methyl sites for hydroxylation is 2. The standard InChI is InChI=1S/C29H26N2O2S/c1-21-10-14-24(28-9-5-19-34-28)20-27(21)31-29(33)23-15-11-22(12-16-23)13-17-26(32)8-4-7-25-6-2-3-18-30-25/h2-3,5-6,9-20H,4,7-8H2,1H3,(H,31,33)/b17-13+. The van der Waals surface area contributed by atoms with Crippen LogP contribution in [0.15, 0.2) is 90.4 Å². The number of anilines is 1. The fraction of sp³-hybridized carbons (Fsp3) is 0.138. The van der Waals surface area contributed by atoms with E-state index in [1.165, 1.54) is 0 Å². The lowest BCUT2D eigenvalue weighted by Crippen LogP contribution is -2.12. The van der Waals surface area contributed by atoms with Gasteiger partial charge in [-0.25, -0.2) is 0 Å². The van der Waals surface area contributed by atoms with Gasteiger partial charge in [0.15, 0.2) is 5.78 Å². The maximum absolute atomic E-state index is 12.8. The van der Waals surface area contributed by atoms with Gasteiger partial charge >= 0.3 is 0 Å². The maximum atomic E-state index is 12.8. The molecule has 0 bridgehead atoms. The van der Waals surface area contributed by atoms with E-state index in [-0.39, 0.29) is 11.7 Å². The number of nitrogens with zero attached hydrogens (tertiary/aromatic N) is 1. The Morgan fingerprint density at radius 1 is 1.00 bits per heavy atom. The van der Waals surface area contributed by atoms with Gasteiger partial charge in [-0.15, -0.1) is 11.3 Å². The first kappa shape index (κ1) is 23.3. The van der Waals surface area contributed by atoms with Gasteiger partial charge in [-0.1, -0.05) is 42.5 Å². The number of thiophene rings is 1. The molecule has 0 atom stereocenters.